The lowest BCUT2D eigenvalue weighted by Crippen LogP contribution is -2.45. The van der Waals surface area contributed by atoms with Gasteiger partial charge in [0.2, 0.25) is 5.91 Å². The molecule has 1 aliphatic rings. The van der Waals surface area contributed by atoms with Crippen molar-refractivity contribution in [1.82, 2.24) is 10.3 Å². The fourth-order valence-electron chi connectivity index (χ4n) is 3.54. The van der Waals surface area contributed by atoms with Crippen molar-refractivity contribution >= 4 is 17.2 Å². The molecule has 0 spiro atoms. The molecular formula is C19H24N2O2S. The zero-order chi connectivity index (χ0) is 17.0. The van der Waals surface area contributed by atoms with Gasteiger partial charge in [-0.25, -0.2) is 4.98 Å². The summed E-state index contributed by atoms with van der Waals surface area (Å²) in [5, 5.41) is 4.18. The number of nitrogens with zero attached hydrogens (tertiary/aromatic N) is 1. The quantitative estimate of drug-likeness (QED) is 0.892. The predicted molar refractivity (Wildman–Crippen MR) is 96.5 cm³/mol. The zero-order valence-corrected chi connectivity index (χ0v) is 15.1. The molecule has 1 saturated carbocycles. The fraction of sp³-hybridized carbons (Fsp3) is 0.474. The average Bonchev–Trinajstić information content (AvgIpc) is 3.05. The minimum absolute atomic E-state index is 0.137. The van der Waals surface area contributed by atoms with E-state index in [-0.39, 0.29) is 5.91 Å². The number of thiazole rings is 1. The van der Waals surface area contributed by atoms with Crippen LogP contribution in [0.1, 0.15) is 47.6 Å². The third-order valence-electron chi connectivity index (χ3n) is 4.88. The van der Waals surface area contributed by atoms with Gasteiger partial charge in [0.15, 0.2) is 0 Å². The Bertz CT molecular complexity index is 688. The monoisotopic (exact) mass is 344 g/mol. The van der Waals surface area contributed by atoms with E-state index in [4.69, 9.17) is 4.74 Å². The second kappa shape index (κ2) is 7.34. The van der Waals surface area contributed by atoms with Crippen molar-refractivity contribution in [2.45, 2.75) is 51.0 Å². The number of aryl methyl sites for hydroxylation is 1. The van der Waals surface area contributed by atoms with Gasteiger partial charge in [0.25, 0.3) is 0 Å². The van der Waals surface area contributed by atoms with E-state index in [2.05, 4.69) is 10.3 Å². The summed E-state index contributed by atoms with van der Waals surface area (Å²) in [5.74, 6) is 0.962. The number of nitrogens with one attached hydrogen (secondary N) is 1. The number of ether oxygens (including phenoxy) is 1. The highest BCUT2D eigenvalue weighted by atomic mass is 32.1. The molecule has 4 nitrogen and oxygen atoms in total. The van der Waals surface area contributed by atoms with Crippen molar-refractivity contribution < 1.29 is 9.53 Å². The summed E-state index contributed by atoms with van der Waals surface area (Å²) in [4.78, 5) is 18.5. The molecule has 0 bridgehead atoms. The first kappa shape index (κ1) is 17.0. The maximum atomic E-state index is 13.1. The van der Waals surface area contributed by atoms with E-state index in [1.807, 2.05) is 37.4 Å². The maximum Gasteiger partial charge on any atom is 0.230 e. The van der Waals surface area contributed by atoms with Gasteiger partial charge in [0.1, 0.15) is 5.75 Å². The highest BCUT2D eigenvalue weighted by Gasteiger charge is 2.40. The normalized spacial score (nSPS) is 16.6. The largest absolute Gasteiger partial charge is 0.497 e. The third kappa shape index (κ3) is 3.46. The van der Waals surface area contributed by atoms with Crippen molar-refractivity contribution in [1.29, 1.82) is 0 Å². The SMILES string of the molecule is COc1ccc(C2(C(=O)NCc3cnc(C)s3)CCCCC2)cc1. The van der Waals surface area contributed by atoms with Crippen LogP contribution in [0.15, 0.2) is 30.5 Å². The first-order chi connectivity index (χ1) is 11.6. The van der Waals surface area contributed by atoms with Crippen molar-refractivity contribution in [2.24, 2.45) is 0 Å². The molecule has 0 unspecified atom stereocenters. The molecule has 0 saturated heterocycles. The highest BCUT2D eigenvalue weighted by molar-refractivity contribution is 7.11. The second-order valence-corrected chi connectivity index (χ2v) is 7.72. The van der Waals surface area contributed by atoms with Gasteiger partial charge in [-0.15, -0.1) is 11.3 Å². The first-order valence-corrected chi connectivity index (χ1v) is 9.30. The Morgan fingerprint density at radius 1 is 1.25 bits per heavy atom. The number of carbonyl (C=O) groups excluding carboxylic acids is 1. The van der Waals surface area contributed by atoms with Gasteiger partial charge < -0.3 is 10.1 Å². The summed E-state index contributed by atoms with van der Waals surface area (Å²) in [6.07, 6.45) is 7.07. The molecule has 2 aromatic rings. The predicted octanol–water partition coefficient (Wildman–Crippen LogP) is 3.98. The Labute approximate surface area is 147 Å². The molecule has 1 N–H and O–H groups in total. The van der Waals surface area contributed by atoms with E-state index in [1.165, 1.54) is 6.42 Å². The van der Waals surface area contributed by atoms with Crippen LogP contribution in [0.5, 0.6) is 5.75 Å². The Balaban J connectivity index is 1.80. The van der Waals surface area contributed by atoms with Crippen LogP contribution in [0.2, 0.25) is 0 Å². The summed E-state index contributed by atoms with van der Waals surface area (Å²) in [6, 6.07) is 7.98. The van der Waals surface area contributed by atoms with E-state index >= 15 is 0 Å². The molecule has 1 heterocycles. The molecule has 1 fully saturated rings. The lowest BCUT2D eigenvalue weighted by Gasteiger charge is -2.36. The van der Waals surface area contributed by atoms with Gasteiger partial charge in [-0.3, -0.25) is 4.79 Å². The highest BCUT2D eigenvalue weighted by Crippen LogP contribution is 2.40. The molecule has 3 rings (SSSR count). The molecule has 24 heavy (non-hydrogen) atoms. The summed E-state index contributed by atoms with van der Waals surface area (Å²) in [5.41, 5.74) is 0.686. The molecule has 0 aliphatic heterocycles. The molecular weight excluding hydrogens is 320 g/mol. The number of hydrogen-bond acceptors (Lipinski definition) is 4. The molecule has 0 radical (unpaired) electrons. The Morgan fingerprint density at radius 2 is 1.96 bits per heavy atom. The zero-order valence-electron chi connectivity index (χ0n) is 14.3. The standard InChI is InChI=1S/C19H24N2O2S/c1-14-20-12-17(24-14)13-21-18(22)19(10-4-3-5-11-19)15-6-8-16(23-2)9-7-15/h6-9,12H,3-5,10-11,13H2,1-2H3,(H,21,22). The van der Waals surface area contributed by atoms with Crippen LogP contribution in [-0.2, 0) is 16.8 Å². The van der Waals surface area contributed by atoms with Crippen LogP contribution in [0, 0.1) is 6.92 Å². The minimum atomic E-state index is -0.412. The van der Waals surface area contributed by atoms with Gasteiger partial charge in [0, 0.05) is 11.1 Å². The Morgan fingerprint density at radius 3 is 2.54 bits per heavy atom. The number of benzene rings is 1. The molecule has 0 atom stereocenters. The molecule has 1 amide bonds. The number of aromatic nitrogens is 1. The van der Waals surface area contributed by atoms with E-state index in [1.54, 1.807) is 18.4 Å². The number of amides is 1. The third-order valence-corrected chi connectivity index (χ3v) is 5.79. The van der Waals surface area contributed by atoms with E-state index in [0.717, 1.165) is 46.9 Å². The van der Waals surface area contributed by atoms with Crippen molar-refractivity contribution in [3.8, 4) is 5.75 Å². The molecule has 5 heteroatoms. The topological polar surface area (TPSA) is 51.2 Å². The summed E-state index contributed by atoms with van der Waals surface area (Å²) < 4.78 is 5.25. The van der Waals surface area contributed by atoms with Gasteiger partial charge in [0.05, 0.1) is 24.1 Å². The van der Waals surface area contributed by atoms with E-state index < -0.39 is 5.41 Å². The minimum Gasteiger partial charge on any atom is -0.497 e. The second-order valence-electron chi connectivity index (χ2n) is 6.40. The maximum absolute atomic E-state index is 13.1. The van der Waals surface area contributed by atoms with E-state index in [9.17, 15) is 4.79 Å². The lowest BCUT2D eigenvalue weighted by atomic mass is 9.68. The van der Waals surface area contributed by atoms with Crippen molar-refractivity contribution in [3.05, 3.63) is 45.9 Å². The van der Waals surface area contributed by atoms with Crippen LogP contribution < -0.4 is 10.1 Å². The van der Waals surface area contributed by atoms with Crippen LogP contribution in [0.4, 0.5) is 0 Å². The van der Waals surface area contributed by atoms with Crippen molar-refractivity contribution in [2.75, 3.05) is 7.11 Å². The van der Waals surface area contributed by atoms with Gasteiger partial charge in [-0.1, -0.05) is 31.4 Å². The number of hydrogen-bond donors (Lipinski definition) is 1. The first-order valence-electron chi connectivity index (χ1n) is 8.48. The summed E-state index contributed by atoms with van der Waals surface area (Å²) >= 11 is 1.63. The Kier molecular flexibility index (Phi) is 5.19. The van der Waals surface area contributed by atoms with Crippen LogP contribution >= 0.6 is 11.3 Å². The van der Waals surface area contributed by atoms with Crippen LogP contribution in [0.25, 0.3) is 0 Å². The number of rotatable bonds is 5. The Hall–Kier alpha value is -1.88. The molecule has 1 aliphatic carbocycles. The summed E-state index contributed by atoms with van der Waals surface area (Å²) in [6.45, 7) is 2.54. The lowest BCUT2D eigenvalue weighted by molar-refractivity contribution is -0.128. The van der Waals surface area contributed by atoms with Gasteiger partial charge >= 0.3 is 0 Å². The molecule has 1 aromatic carbocycles. The van der Waals surface area contributed by atoms with E-state index in [0.29, 0.717) is 6.54 Å². The average molecular weight is 344 g/mol. The number of carbonyl (C=O) groups is 1. The molecule has 128 valence electrons. The van der Waals surface area contributed by atoms with Gasteiger partial charge in [-0.05, 0) is 37.5 Å². The fourth-order valence-corrected chi connectivity index (χ4v) is 4.27. The molecule has 1 aromatic heterocycles. The smallest absolute Gasteiger partial charge is 0.230 e. The van der Waals surface area contributed by atoms with Crippen LogP contribution in [0.3, 0.4) is 0 Å². The van der Waals surface area contributed by atoms with Crippen LogP contribution in [-0.4, -0.2) is 18.0 Å². The van der Waals surface area contributed by atoms with Gasteiger partial charge in [-0.2, -0.15) is 0 Å². The summed E-state index contributed by atoms with van der Waals surface area (Å²) in [7, 11) is 1.66. The number of methoxy groups -OCH3 is 1. The van der Waals surface area contributed by atoms with Crippen molar-refractivity contribution in [3.63, 3.8) is 0 Å².